The maximum atomic E-state index is 12.2. The van der Waals surface area contributed by atoms with Crippen LogP contribution in [-0.2, 0) is 17.1 Å². The largest absolute Gasteiger partial charge is 0.264 e. The lowest BCUT2D eigenvalue weighted by atomic mass is 10.2. The minimum absolute atomic E-state index is 0.00582. The van der Waals surface area contributed by atoms with Gasteiger partial charge in [0, 0.05) is 13.1 Å². The van der Waals surface area contributed by atoms with E-state index >= 15 is 0 Å². The van der Waals surface area contributed by atoms with Crippen LogP contribution in [0.3, 0.4) is 0 Å². The summed E-state index contributed by atoms with van der Waals surface area (Å²) in [6.07, 6.45) is 1.47. The Morgan fingerprint density at radius 2 is 2.16 bits per heavy atom. The van der Waals surface area contributed by atoms with E-state index in [0.29, 0.717) is 11.4 Å². The van der Waals surface area contributed by atoms with Crippen molar-refractivity contribution in [2.24, 2.45) is 7.05 Å². The zero-order valence-corrected chi connectivity index (χ0v) is 11.4. The number of rotatable bonds is 3. The molecule has 0 amide bonds. The van der Waals surface area contributed by atoms with Crippen molar-refractivity contribution in [1.29, 1.82) is 5.26 Å². The molecule has 8 heteroatoms. The van der Waals surface area contributed by atoms with Crippen molar-refractivity contribution in [3.63, 3.8) is 0 Å². The van der Waals surface area contributed by atoms with E-state index in [1.165, 1.54) is 35.1 Å². The molecule has 2 rings (SSSR count). The molecule has 1 aromatic carbocycles. The van der Waals surface area contributed by atoms with Crippen molar-refractivity contribution >= 4 is 27.4 Å². The molecule has 0 bridgehead atoms. The first-order valence-electron chi connectivity index (χ1n) is 5.14. The molecule has 0 saturated heterocycles. The van der Waals surface area contributed by atoms with Gasteiger partial charge in [0.05, 0.1) is 22.9 Å². The SMILES string of the molecule is Cn1nccc1NS(=O)(=O)c1ccc(C#N)cc1Cl. The Hall–Kier alpha value is -2.04. The van der Waals surface area contributed by atoms with Crippen LogP contribution >= 0.6 is 11.6 Å². The molecular formula is C11H9ClN4O2S. The summed E-state index contributed by atoms with van der Waals surface area (Å²) < 4.78 is 28.1. The number of aryl methyl sites for hydroxylation is 1. The topological polar surface area (TPSA) is 87.8 Å². The van der Waals surface area contributed by atoms with Gasteiger partial charge in [-0.1, -0.05) is 11.6 Å². The Morgan fingerprint density at radius 3 is 2.68 bits per heavy atom. The molecule has 0 radical (unpaired) electrons. The summed E-state index contributed by atoms with van der Waals surface area (Å²) in [5.41, 5.74) is 0.296. The van der Waals surface area contributed by atoms with Crippen LogP contribution in [-0.4, -0.2) is 18.2 Å². The van der Waals surface area contributed by atoms with E-state index in [2.05, 4.69) is 9.82 Å². The van der Waals surface area contributed by atoms with E-state index in [-0.39, 0.29) is 9.92 Å². The fraction of sp³-hybridized carbons (Fsp3) is 0.0909. The molecule has 19 heavy (non-hydrogen) atoms. The summed E-state index contributed by atoms with van der Waals surface area (Å²) in [6, 6.07) is 7.40. The number of nitrogens with zero attached hydrogens (tertiary/aromatic N) is 3. The lowest BCUT2D eigenvalue weighted by Crippen LogP contribution is -2.15. The van der Waals surface area contributed by atoms with Crippen LogP contribution in [0.15, 0.2) is 35.4 Å². The number of anilines is 1. The summed E-state index contributed by atoms with van der Waals surface area (Å²) >= 11 is 5.88. The molecule has 0 aliphatic carbocycles. The maximum Gasteiger partial charge on any atom is 0.264 e. The number of halogens is 1. The van der Waals surface area contributed by atoms with Gasteiger partial charge in [-0.15, -0.1) is 0 Å². The lowest BCUT2D eigenvalue weighted by molar-refractivity contribution is 0.600. The lowest BCUT2D eigenvalue weighted by Gasteiger charge is -2.09. The Labute approximate surface area is 115 Å². The van der Waals surface area contributed by atoms with Gasteiger partial charge in [0.15, 0.2) is 0 Å². The molecular weight excluding hydrogens is 288 g/mol. The average molecular weight is 297 g/mol. The third-order valence-electron chi connectivity index (χ3n) is 2.41. The molecule has 1 aromatic heterocycles. The first-order valence-corrected chi connectivity index (χ1v) is 7.00. The number of benzene rings is 1. The third kappa shape index (κ3) is 2.70. The Morgan fingerprint density at radius 1 is 1.42 bits per heavy atom. The van der Waals surface area contributed by atoms with Crippen molar-refractivity contribution in [2.75, 3.05) is 4.72 Å². The van der Waals surface area contributed by atoms with Gasteiger partial charge in [-0.3, -0.25) is 9.40 Å². The third-order valence-corrected chi connectivity index (χ3v) is 4.25. The number of nitriles is 1. The quantitative estimate of drug-likeness (QED) is 0.934. The van der Waals surface area contributed by atoms with Gasteiger partial charge in [0.1, 0.15) is 10.7 Å². The highest BCUT2D eigenvalue weighted by molar-refractivity contribution is 7.92. The van der Waals surface area contributed by atoms with Gasteiger partial charge >= 0.3 is 0 Å². The summed E-state index contributed by atoms with van der Waals surface area (Å²) in [5.74, 6) is 0.320. The zero-order valence-electron chi connectivity index (χ0n) is 9.83. The maximum absolute atomic E-state index is 12.2. The molecule has 0 saturated carbocycles. The monoisotopic (exact) mass is 296 g/mol. The molecule has 1 N–H and O–H groups in total. The highest BCUT2D eigenvalue weighted by Gasteiger charge is 2.19. The standard InChI is InChI=1S/C11H9ClN4O2S/c1-16-11(4-5-14-16)15-19(17,18)10-3-2-8(7-13)6-9(10)12/h2-6,15H,1H3. The Bertz CT molecular complexity index is 761. The van der Waals surface area contributed by atoms with Crippen LogP contribution in [0.5, 0.6) is 0 Å². The first kappa shape index (κ1) is 13.4. The van der Waals surface area contributed by atoms with Gasteiger partial charge in [-0.05, 0) is 18.2 Å². The summed E-state index contributed by atoms with van der Waals surface area (Å²) in [7, 11) is -2.20. The van der Waals surface area contributed by atoms with E-state index < -0.39 is 10.0 Å². The van der Waals surface area contributed by atoms with Gasteiger partial charge in [0.25, 0.3) is 10.0 Å². The molecule has 98 valence electrons. The summed E-state index contributed by atoms with van der Waals surface area (Å²) in [6.45, 7) is 0. The van der Waals surface area contributed by atoms with Crippen LogP contribution in [0, 0.1) is 11.3 Å². The second-order valence-electron chi connectivity index (χ2n) is 3.70. The fourth-order valence-corrected chi connectivity index (χ4v) is 3.09. The van der Waals surface area contributed by atoms with E-state index in [9.17, 15) is 8.42 Å². The van der Waals surface area contributed by atoms with E-state index in [1.807, 2.05) is 6.07 Å². The number of hydrogen-bond donors (Lipinski definition) is 1. The van der Waals surface area contributed by atoms with Crippen molar-refractivity contribution < 1.29 is 8.42 Å². The normalized spacial score (nSPS) is 11.0. The molecule has 1 heterocycles. The van der Waals surface area contributed by atoms with Crippen LogP contribution < -0.4 is 4.72 Å². The van der Waals surface area contributed by atoms with Crippen LogP contribution in [0.2, 0.25) is 5.02 Å². The van der Waals surface area contributed by atoms with Crippen molar-refractivity contribution in [1.82, 2.24) is 9.78 Å². The van der Waals surface area contributed by atoms with E-state index in [0.717, 1.165) is 0 Å². The van der Waals surface area contributed by atoms with Crippen molar-refractivity contribution in [2.45, 2.75) is 4.90 Å². The molecule has 0 atom stereocenters. The smallest absolute Gasteiger partial charge is 0.264 e. The highest BCUT2D eigenvalue weighted by Crippen LogP contribution is 2.24. The molecule has 2 aromatic rings. The van der Waals surface area contributed by atoms with Crippen molar-refractivity contribution in [3.8, 4) is 6.07 Å². The predicted octanol–water partition coefficient (Wildman–Crippen LogP) is 1.75. The molecule has 6 nitrogen and oxygen atoms in total. The van der Waals surface area contributed by atoms with Gasteiger partial charge < -0.3 is 0 Å². The first-order chi connectivity index (χ1) is 8.94. The second-order valence-corrected chi connectivity index (χ2v) is 5.76. The molecule has 0 aliphatic heterocycles. The number of nitrogens with one attached hydrogen (secondary N) is 1. The minimum atomic E-state index is -3.81. The molecule has 0 unspecified atom stereocenters. The van der Waals surface area contributed by atoms with Gasteiger partial charge in [0.2, 0.25) is 0 Å². The number of aromatic nitrogens is 2. The van der Waals surface area contributed by atoms with Crippen LogP contribution in [0.25, 0.3) is 0 Å². The van der Waals surface area contributed by atoms with Gasteiger partial charge in [-0.2, -0.15) is 10.4 Å². The molecule has 0 fully saturated rings. The van der Waals surface area contributed by atoms with Gasteiger partial charge in [-0.25, -0.2) is 8.42 Å². The molecule has 0 aliphatic rings. The predicted molar refractivity (Wildman–Crippen MR) is 70.2 cm³/mol. The van der Waals surface area contributed by atoms with E-state index in [1.54, 1.807) is 7.05 Å². The minimum Gasteiger partial charge on any atom is -0.264 e. The van der Waals surface area contributed by atoms with Crippen molar-refractivity contribution in [3.05, 3.63) is 41.0 Å². The number of sulfonamides is 1. The molecule has 0 spiro atoms. The second kappa shape index (κ2) is 4.91. The summed E-state index contributed by atoms with van der Waals surface area (Å²) in [5, 5.41) is 12.6. The Balaban J connectivity index is 2.41. The fourth-order valence-electron chi connectivity index (χ4n) is 1.46. The highest BCUT2D eigenvalue weighted by atomic mass is 35.5. The van der Waals surface area contributed by atoms with E-state index in [4.69, 9.17) is 16.9 Å². The van der Waals surface area contributed by atoms with Crippen LogP contribution in [0.4, 0.5) is 5.82 Å². The average Bonchev–Trinajstić information content (AvgIpc) is 2.73. The Kier molecular flexibility index (Phi) is 3.46. The van der Waals surface area contributed by atoms with Crippen LogP contribution in [0.1, 0.15) is 5.56 Å². The number of hydrogen-bond acceptors (Lipinski definition) is 4. The summed E-state index contributed by atoms with van der Waals surface area (Å²) in [4.78, 5) is -0.0885. The zero-order chi connectivity index (χ0) is 14.0.